The van der Waals surface area contributed by atoms with Gasteiger partial charge in [0.1, 0.15) is 0 Å². The standard InChI is InChI=1S/C19H17F3N2O3/c1-12(26-16-9-4-3-8-15(16)25-2)18-23-17(24-27-18)11-13-6-5-7-14(10-13)19(20,21)22/h3-10,12H,11H2,1-2H3. The van der Waals surface area contributed by atoms with Crippen molar-refractivity contribution in [2.45, 2.75) is 25.6 Å². The predicted molar refractivity (Wildman–Crippen MR) is 90.6 cm³/mol. The number of methoxy groups -OCH3 is 1. The highest BCUT2D eigenvalue weighted by molar-refractivity contribution is 5.39. The Bertz CT molecular complexity index is 909. The number of aromatic nitrogens is 2. The average Bonchev–Trinajstić information content (AvgIpc) is 3.10. The molecule has 3 rings (SSSR count). The van der Waals surface area contributed by atoms with Gasteiger partial charge in [-0.15, -0.1) is 0 Å². The summed E-state index contributed by atoms with van der Waals surface area (Å²) in [6.07, 6.45) is -4.83. The molecule has 0 amide bonds. The fraction of sp³-hybridized carbons (Fsp3) is 0.263. The van der Waals surface area contributed by atoms with Gasteiger partial charge in [-0.3, -0.25) is 0 Å². The summed E-state index contributed by atoms with van der Waals surface area (Å²) >= 11 is 0. The summed E-state index contributed by atoms with van der Waals surface area (Å²) in [5.41, 5.74) is -0.271. The fourth-order valence-corrected chi connectivity index (χ4v) is 2.50. The highest BCUT2D eigenvalue weighted by Crippen LogP contribution is 2.31. The Labute approximate surface area is 153 Å². The van der Waals surface area contributed by atoms with Gasteiger partial charge in [-0.25, -0.2) is 0 Å². The zero-order valence-electron chi connectivity index (χ0n) is 14.7. The molecule has 1 aromatic heterocycles. The molecule has 0 saturated carbocycles. The van der Waals surface area contributed by atoms with Gasteiger partial charge >= 0.3 is 6.18 Å². The second kappa shape index (κ2) is 7.69. The van der Waals surface area contributed by atoms with Crippen LogP contribution in [0, 0.1) is 0 Å². The molecule has 0 spiro atoms. The molecule has 1 heterocycles. The molecule has 0 aliphatic carbocycles. The van der Waals surface area contributed by atoms with Crippen molar-refractivity contribution in [1.82, 2.24) is 10.1 Å². The summed E-state index contributed by atoms with van der Waals surface area (Å²) < 4.78 is 54.6. The molecule has 0 saturated heterocycles. The molecule has 1 unspecified atom stereocenters. The van der Waals surface area contributed by atoms with Crippen LogP contribution in [0.5, 0.6) is 11.5 Å². The van der Waals surface area contributed by atoms with Crippen molar-refractivity contribution >= 4 is 0 Å². The highest BCUT2D eigenvalue weighted by atomic mass is 19.4. The van der Waals surface area contributed by atoms with Crippen molar-refractivity contribution in [2.75, 3.05) is 7.11 Å². The molecule has 0 N–H and O–H groups in total. The minimum absolute atomic E-state index is 0.120. The summed E-state index contributed by atoms with van der Waals surface area (Å²) in [6, 6.07) is 12.2. The maximum Gasteiger partial charge on any atom is 0.416 e. The van der Waals surface area contributed by atoms with E-state index >= 15 is 0 Å². The highest BCUT2D eigenvalue weighted by Gasteiger charge is 2.30. The van der Waals surface area contributed by atoms with E-state index < -0.39 is 17.8 Å². The Balaban J connectivity index is 1.71. The second-order valence-corrected chi connectivity index (χ2v) is 5.83. The number of alkyl halides is 3. The van der Waals surface area contributed by atoms with Crippen molar-refractivity contribution in [3.8, 4) is 11.5 Å². The van der Waals surface area contributed by atoms with Gasteiger partial charge in [0.25, 0.3) is 5.89 Å². The lowest BCUT2D eigenvalue weighted by Crippen LogP contribution is -2.06. The van der Waals surface area contributed by atoms with Gasteiger partial charge in [0, 0.05) is 6.42 Å². The molecule has 0 radical (unpaired) electrons. The van der Waals surface area contributed by atoms with Crippen LogP contribution in [-0.2, 0) is 12.6 Å². The normalized spacial score (nSPS) is 12.6. The van der Waals surface area contributed by atoms with Crippen LogP contribution >= 0.6 is 0 Å². The van der Waals surface area contributed by atoms with Crippen LogP contribution < -0.4 is 9.47 Å². The number of ether oxygens (including phenoxy) is 2. The van der Waals surface area contributed by atoms with Crippen molar-refractivity contribution in [3.63, 3.8) is 0 Å². The van der Waals surface area contributed by atoms with Crippen LogP contribution in [-0.4, -0.2) is 17.3 Å². The van der Waals surface area contributed by atoms with E-state index in [1.165, 1.54) is 13.2 Å². The molecule has 142 valence electrons. The van der Waals surface area contributed by atoms with Gasteiger partial charge in [0.05, 0.1) is 12.7 Å². The van der Waals surface area contributed by atoms with Gasteiger partial charge in [-0.1, -0.05) is 35.5 Å². The molecular formula is C19H17F3N2O3. The first-order valence-electron chi connectivity index (χ1n) is 8.15. The van der Waals surface area contributed by atoms with Crippen molar-refractivity contribution in [3.05, 3.63) is 71.4 Å². The predicted octanol–water partition coefficient (Wildman–Crippen LogP) is 4.83. The summed E-state index contributed by atoms with van der Waals surface area (Å²) in [4.78, 5) is 4.22. The Hall–Kier alpha value is -3.03. The molecule has 0 fully saturated rings. The maximum absolute atomic E-state index is 12.8. The van der Waals surface area contributed by atoms with E-state index in [1.807, 2.05) is 6.07 Å². The molecule has 8 heteroatoms. The Morgan fingerprint density at radius 3 is 2.52 bits per heavy atom. The molecule has 3 aromatic rings. The van der Waals surface area contributed by atoms with E-state index in [4.69, 9.17) is 14.0 Å². The van der Waals surface area contributed by atoms with Crippen molar-refractivity contribution in [2.24, 2.45) is 0 Å². The average molecular weight is 378 g/mol. The number of rotatable bonds is 6. The minimum Gasteiger partial charge on any atom is -0.493 e. The zero-order chi connectivity index (χ0) is 19.4. The first kappa shape index (κ1) is 18.8. The van der Waals surface area contributed by atoms with Crippen LogP contribution in [0.2, 0.25) is 0 Å². The second-order valence-electron chi connectivity index (χ2n) is 5.83. The molecule has 2 aromatic carbocycles. The van der Waals surface area contributed by atoms with Gasteiger partial charge in [0.15, 0.2) is 23.4 Å². The quantitative estimate of drug-likeness (QED) is 0.615. The molecule has 0 bridgehead atoms. The molecular weight excluding hydrogens is 361 g/mol. The van der Waals surface area contributed by atoms with Gasteiger partial charge < -0.3 is 14.0 Å². The molecule has 27 heavy (non-hydrogen) atoms. The van der Waals surface area contributed by atoms with Crippen LogP contribution in [0.15, 0.2) is 53.1 Å². The first-order chi connectivity index (χ1) is 12.9. The lowest BCUT2D eigenvalue weighted by atomic mass is 10.1. The number of hydrogen-bond acceptors (Lipinski definition) is 5. The molecule has 0 aliphatic heterocycles. The largest absolute Gasteiger partial charge is 0.493 e. The summed E-state index contributed by atoms with van der Waals surface area (Å²) in [5.74, 6) is 1.58. The van der Waals surface area contributed by atoms with Gasteiger partial charge in [-0.2, -0.15) is 18.2 Å². The van der Waals surface area contributed by atoms with E-state index in [-0.39, 0.29) is 18.1 Å². The number of hydrogen-bond donors (Lipinski definition) is 0. The monoisotopic (exact) mass is 378 g/mol. The third-order valence-corrected chi connectivity index (χ3v) is 3.82. The Morgan fingerprint density at radius 1 is 1.07 bits per heavy atom. The lowest BCUT2D eigenvalue weighted by molar-refractivity contribution is -0.137. The Kier molecular flexibility index (Phi) is 5.34. The van der Waals surface area contributed by atoms with Crippen molar-refractivity contribution < 1.29 is 27.2 Å². The van der Waals surface area contributed by atoms with E-state index in [0.29, 0.717) is 17.1 Å². The van der Waals surface area contributed by atoms with Gasteiger partial charge in [0.2, 0.25) is 0 Å². The Morgan fingerprint density at radius 2 is 1.81 bits per heavy atom. The van der Waals surface area contributed by atoms with E-state index in [1.54, 1.807) is 31.2 Å². The zero-order valence-corrected chi connectivity index (χ0v) is 14.7. The third kappa shape index (κ3) is 4.58. The summed E-state index contributed by atoms with van der Waals surface area (Å²) in [6.45, 7) is 1.73. The summed E-state index contributed by atoms with van der Waals surface area (Å²) in [7, 11) is 1.53. The number of benzene rings is 2. The van der Waals surface area contributed by atoms with E-state index in [0.717, 1.165) is 12.1 Å². The number of nitrogens with zero attached hydrogens (tertiary/aromatic N) is 2. The van der Waals surface area contributed by atoms with Crippen LogP contribution in [0.4, 0.5) is 13.2 Å². The number of para-hydroxylation sites is 2. The molecule has 1 atom stereocenters. The topological polar surface area (TPSA) is 57.4 Å². The summed E-state index contributed by atoms with van der Waals surface area (Å²) in [5, 5.41) is 3.83. The minimum atomic E-state index is -4.39. The lowest BCUT2D eigenvalue weighted by Gasteiger charge is -2.13. The van der Waals surface area contributed by atoms with E-state index in [2.05, 4.69) is 10.1 Å². The van der Waals surface area contributed by atoms with Crippen LogP contribution in [0.1, 0.15) is 35.9 Å². The van der Waals surface area contributed by atoms with Crippen LogP contribution in [0.3, 0.4) is 0 Å². The smallest absolute Gasteiger partial charge is 0.416 e. The molecule has 0 aliphatic rings. The first-order valence-corrected chi connectivity index (χ1v) is 8.15. The SMILES string of the molecule is COc1ccccc1OC(C)c1nc(Cc2cccc(C(F)(F)F)c2)no1. The van der Waals surface area contributed by atoms with Crippen molar-refractivity contribution in [1.29, 1.82) is 0 Å². The third-order valence-electron chi connectivity index (χ3n) is 3.82. The maximum atomic E-state index is 12.8. The van der Waals surface area contributed by atoms with Crippen LogP contribution in [0.25, 0.3) is 0 Å². The van der Waals surface area contributed by atoms with E-state index in [9.17, 15) is 13.2 Å². The number of halogens is 3. The van der Waals surface area contributed by atoms with Gasteiger partial charge in [-0.05, 0) is 30.7 Å². The fourth-order valence-electron chi connectivity index (χ4n) is 2.50. The molecule has 5 nitrogen and oxygen atoms in total.